The van der Waals surface area contributed by atoms with Gasteiger partial charge in [0.05, 0.1) is 11.7 Å². The van der Waals surface area contributed by atoms with Crippen molar-refractivity contribution in [2.75, 3.05) is 13.1 Å². The molecule has 3 N–H and O–H groups in total. The van der Waals surface area contributed by atoms with Crippen LogP contribution in [0.1, 0.15) is 24.7 Å². The molecule has 1 unspecified atom stereocenters. The summed E-state index contributed by atoms with van der Waals surface area (Å²) in [5.74, 6) is 0. The van der Waals surface area contributed by atoms with E-state index in [2.05, 4.69) is 10.4 Å². The van der Waals surface area contributed by atoms with Crippen LogP contribution in [0.4, 0.5) is 0 Å². The number of hydrogen-bond donors (Lipinski definition) is 2. The van der Waals surface area contributed by atoms with Crippen LogP contribution in [-0.4, -0.2) is 22.9 Å². The fourth-order valence-corrected chi connectivity index (χ4v) is 1.44. The minimum absolute atomic E-state index is 0.0769. The first kappa shape index (κ1) is 7.76. The van der Waals surface area contributed by atoms with E-state index in [1.807, 2.05) is 23.9 Å². The molecule has 1 atom stereocenters. The number of aromatic nitrogens is 2. The molecule has 0 spiro atoms. The fraction of sp³-hybridized carbons (Fsp3) is 0.625. The normalized spacial score (nSPS) is 20.5. The minimum Gasteiger partial charge on any atom is -0.323 e. The third-order valence-corrected chi connectivity index (χ3v) is 2.27. The van der Waals surface area contributed by atoms with Crippen LogP contribution in [0.5, 0.6) is 0 Å². The lowest BCUT2D eigenvalue weighted by atomic mass is 10.1. The molecular weight excluding hydrogens is 152 g/mol. The number of nitrogens with one attached hydrogen (secondary N) is 1. The second kappa shape index (κ2) is 2.88. The zero-order valence-electron chi connectivity index (χ0n) is 7.20. The lowest BCUT2D eigenvalue weighted by molar-refractivity contribution is 0.307. The van der Waals surface area contributed by atoms with Crippen LogP contribution < -0.4 is 11.1 Å². The second-order valence-corrected chi connectivity index (χ2v) is 3.30. The quantitative estimate of drug-likeness (QED) is 0.652. The molecule has 1 saturated heterocycles. The molecule has 12 heavy (non-hydrogen) atoms. The van der Waals surface area contributed by atoms with E-state index in [4.69, 9.17) is 5.73 Å². The summed E-state index contributed by atoms with van der Waals surface area (Å²) in [5, 5.41) is 7.47. The Labute approximate surface area is 71.7 Å². The molecule has 2 rings (SSSR count). The maximum absolute atomic E-state index is 5.79. The topological polar surface area (TPSA) is 55.9 Å². The number of nitrogens with zero attached hydrogens (tertiary/aromatic N) is 2. The lowest BCUT2D eigenvalue weighted by Gasteiger charge is -2.29. The van der Waals surface area contributed by atoms with Crippen LogP contribution in [0.2, 0.25) is 0 Å². The third kappa shape index (κ3) is 1.13. The van der Waals surface area contributed by atoms with Crippen molar-refractivity contribution in [3.8, 4) is 0 Å². The molecule has 4 heteroatoms. The predicted molar refractivity (Wildman–Crippen MR) is 46.7 cm³/mol. The highest BCUT2D eigenvalue weighted by molar-refractivity contribution is 5.07. The van der Waals surface area contributed by atoms with Crippen molar-refractivity contribution >= 4 is 0 Å². The van der Waals surface area contributed by atoms with Gasteiger partial charge >= 0.3 is 0 Å². The van der Waals surface area contributed by atoms with Crippen molar-refractivity contribution in [1.82, 2.24) is 15.1 Å². The van der Waals surface area contributed by atoms with E-state index < -0.39 is 0 Å². The Morgan fingerprint density at radius 2 is 2.50 bits per heavy atom. The second-order valence-electron chi connectivity index (χ2n) is 3.30. The first-order valence-corrected chi connectivity index (χ1v) is 4.28. The first-order chi connectivity index (χ1) is 5.79. The highest BCUT2D eigenvalue weighted by atomic mass is 15.3. The smallest absolute Gasteiger partial charge is 0.0771 e. The summed E-state index contributed by atoms with van der Waals surface area (Å²) in [4.78, 5) is 0. The Morgan fingerprint density at radius 1 is 1.75 bits per heavy atom. The summed E-state index contributed by atoms with van der Waals surface area (Å²) in [7, 11) is 0. The van der Waals surface area contributed by atoms with E-state index in [9.17, 15) is 0 Å². The molecule has 66 valence electrons. The number of hydrogen-bond acceptors (Lipinski definition) is 3. The fourth-order valence-electron chi connectivity index (χ4n) is 1.44. The Balaban J connectivity index is 2.23. The monoisotopic (exact) mass is 166 g/mol. The standard InChI is InChI=1S/C8H14N4/c1-6(9)8-2-3-11-12(8)7-4-10-5-7/h2-3,6-7,10H,4-5,9H2,1H3. The van der Waals surface area contributed by atoms with E-state index in [1.165, 1.54) is 0 Å². The molecule has 0 aromatic carbocycles. The predicted octanol–water partition coefficient (Wildman–Crippen LogP) is 0.0471. The van der Waals surface area contributed by atoms with Crippen molar-refractivity contribution in [2.24, 2.45) is 5.73 Å². The summed E-state index contributed by atoms with van der Waals surface area (Å²) in [6.45, 7) is 4.02. The van der Waals surface area contributed by atoms with Gasteiger partial charge in [-0.15, -0.1) is 0 Å². The molecule has 0 saturated carbocycles. The van der Waals surface area contributed by atoms with Crippen LogP contribution in [-0.2, 0) is 0 Å². The van der Waals surface area contributed by atoms with Crippen molar-refractivity contribution in [3.63, 3.8) is 0 Å². The average Bonchev–Trinajstić information content (AvgIpc) is 2.31. The van der Waals surface area contributed by atoms with E-state index in [0.717, 1.165) is 18.8 Å². The molecular formula is C8H14N4. The third-order valence-electron chi connectivity index (χ3n) is 2.27. The molecule has 1 aliphatic heterocycles. The van der Waals surface area contributed by atoms with E-state index >= 15 is 0 Å². The summed E-state index contributed by atoms with van der Waals surface area (Å²) in [6, 6.07) is 2.58. The van der Waals surface area contributed by atoms with E-state index in [0.29, 0.717) is 6.04 Å². The summed E-state index contributed by atoms with van der Waals surface area (Å²) in [5.41, 5.74) is 6.92. The molecule has 0 radical (unpaired) electrons. The van der Waals surface area contributed by atoms with Crippen LogP contribution in [0.3, 0.4) is 0 Å². The van der Waals surface area contributed by atoms with Crippen LogP contribution >= 0.6 is 0 Å². The van der Waals surface area contributed by atoms with Crippen molar-refractivity contribution in [3.05, 3.63) is 18.0 Å². The molecule has 1 aromatic heterocycles. The molecule has 0 aliphatic carbocycles. The maximum Gasteiger partial charge on any atom is 0.0771 e. The largest absolute Gasteiger partial charge is 0.323 e. The molecule has 1 aromatic rings. The zero-order chi connectivity index (χ0) is 8.55. The highest BCUT2D eigenvalue weighted by Gasteiger charge is 2.22. The van der Waals surface area contributed by atoms with Gasteiger partial charge in [0, 0.05) is 25.3 Å². The molecule has 1 aliphatic rings. The van der Waals surface area contributed by atoms with Crippen LogP contribution in [0.15, 0.2) is 12.3 Å². The van der Waals surface area contributed by atoms with Gasteiger partial charge in [-0.3, -0.25) is 4.68 Å². The molecule has 4 nitrogen and oxygen atoms in total. The van der Waals surface area contributed by atoms with Gasteiger partial charge in [-0.05, 0) is 13.0 Å². The van der Waals surface area contributed by atoms with Gasteiger partial charge in [0.2, 0.25) is 0 Å². The van der Waals surface area contributed by atoms with Gasteiger partial charge in [-0.1, -0.05) is 0 Å². The van der Waals surface area contributed by atoms with E-state index in [-0.39, 0.29) is 6.04 Å². The van der Waals surface area contributed by atoms with Crippen molar-refractivity contribution in [1.29, 1.82) is 0 Å². The molecule has 0 bridgehead atoms. The Hall–Kier alpha value is -0.870. The molecule has 0 amide bonds. The van der Waals surface area contributed by atoms with Crippen LogP contribution in [0.25, 0.3) is 0 Å². The van der Waals surface area contributed by atoms with Crippen LogP contribution in [0, 0.1) is 0 Å². The van der Waals surface area contributed by atoms with E-state index in [1.54, 1.807) is 0 Å². The van der Waals surface area contributed by atoms with Crippen molar-refractivity contribution < 1.29 is 0 Å². The summed E-state index contributed by atoms with van der Waals surface area (Å²) >= 11 is 0. The van der Waals surface area contributed by atoms with Gasteiger partial charge in [0.1, 0.15) is 0 Å². The maximum atomic E-state index is 5.79. The molecule has 2 heterocycles. The van der Waals surface area contributed by atoms with Crippen molar-refractivity contribution in [2.45, 2.75) is 19.0 Å². The Bertz CT molecular complexity index is 262. The van der Waals surface area contributed by atoms with Gasteiger partial charge in [0.15, 0.2) is 0 Å². The molecule has 1 fully saturated rings. The summed E-state index contributed by atoms with van der Waals surface area (Å²) in [6.07, 6.45) is 1.82. The number of nitrogens with two attached hydrogens (primary N) is 1. The first-order valence-electron chi connectivity index (χ1n) is 4.28. The average molecular weight is 166 g/mol. The Kier molecular flexibility index (Phi) is 1.86. The lowest BCUT2D eigenvalue weighted by Crippen LogP contribution is -2.44. The van der Waals surface area contributed by atoms with Gasteiger partial charge in [-0.2, -0.15) is 5.10 Å². The minimum atomic E-state index is 0.0769. The SMILES string of the molecule is CC(N)c1ccnn1C1CNC1. The van der Waals surface area contributed by atoms with Gasteiger partial charge in [0.25, 0.3) is 0 Å². The van der Waals surface area contributed by atoms with Gasteiger partial charge in [-0.25, -0.2) is 0 Å². The number of rotatable bonds is 2. The zero-order valence-corrected chi connectivity index (χ0v) is 7.20. The Morgan fingerprint density at radius 3 is 3.00 bits per heavy atom. The summed E-state index contributed by atoms with van der Waals surface area (Å²) < 4.78 is 2.03. The van der Waals surface area contributed by atoms with Gasteiger partial charge < -0.3 is 11.1 Å². The highest BCUT2D eigenvalue weighted by Crippen LogP contribution is 2.17.